The van der Waals surface area contributed by atoms with Crippen molar-refractivity contribution in [3.05, 3.63) is 0 Å². The number of hydrogen-bond acceptors (Lipinski definition) is 3. The van der Waals surface area contributed by atoms with Crippen molar-refractivity contribution < 1.29 is 4.74 Å². The van der Waals surface area contributed by atoms with Gasteiger partial charge in [-0.25, -0.2) is 0 Å². The molecule has 2 N–H and O–H groups in total. The number of rotatable bonds is 2. The van der Waals surface area contributed by atoms with Crippen LogP contribution in [-0.2, 0) is 4.74 Å². The van der Waals surface area contributed by atoms with Crippen LogP contribution in [0.3, 0.4) is 0 Å². The van der Waals surface area contributed by atoms with Gasteiger partial charge in [0.15, 0.2) is 0 Å². The van der Waals surface area contributed by atoms with Gasteiger partial charge < -0.3 is 10.5 Å². The zero-order valence-corrected chi connectivity index (χ0v) is 9.40. The van der Waals surface area contributed by atoms with Crippen LogP contribution in [0.25, 0.3) is 0 Å². The Labute approximate surface area is 91.9 Å². The summed E-state index contributed by atoms with van der Waals surface area (Å²) in [5.74, 6) is 2.03. The third-order valence-electron chi connectivity index (χ3n) is 4.60. The first-order chi connectivity index (χ1) is 7.36. The Balaban J connectivity index is 1.62. The van der Waals surface area contributed by atoms with Crippen LogP contribution in [0.1, 0.15) is 25.7 Å². The molecule has 0 spiro atoms. The maximum absolute atomic E-state index is 5.69. The number of ether oxygens (including phenoxy) is 1. The summed E-state index contributed by atoms with van der Waals surface area (Å²) in [7, 11) is 0. The van der Waals surface area contributed by atoms with Crippen molar-refractivity contribution in [3.8, 4) is 0 Å². The summed E-state index contributed by atoms with van der Waals surface area (Å²) in [5.41, 5.74) is 5.69. The van der Waals surface area contributed by atoms with Gasteiger partial charge in [-0.15, -0.1) is 0 Å². The Morgan fingerprint density at radius 2 is 2.20 bits per heavy atom. The lowest BCUT2D eigenvalue weighted by Crippen LogP contribution is -2.51. The average Bonchev–Trinajstić information content (AvgIpc) is 2.91. The molecule has 1 heterocycles. The molecule has 0 aromatic carbocycles. The monoisotopic (exact) mass is 210 g/mol. The van der Waals surface area contributed by atoms with Crippen LogP contribution in [0.4, 0.5) is 0 Å². The zero-order valence-electron chi connectivity index (χ0n) is 9.40. The van der Waals surface area contributed by atoms with E-state index in [-0.39, 0.29) is 6.10 Å². The Hall–Kier alpha value is -0.120. The highest BCUT2D eigenvalue weighted by Crippen LogP contribution is 2.46. The molecule has 1 saturated heterocycles. The average molecular weight is 210 g/mol. The predicted octanol–water partition coefficient (Wildman–Crippen LogP) is 0.834. The van der Waals surface area contributed by atoms with Crippen molar-refractivity contribution in [3.63, 3.8) is 0 Å². The molecule has 2 bridgehead atoms. The van der Waals surface area contributed by atoms with E-state index in [9.17, 15) is 0 Å². The molecule has 15 heavy (non-hydrogen) atoms. The fraction of sp³-hybridized carbons (Fsp3) is 1.00. The lowest BCUT2D eigenvalue weighted by molar-refractivity contribution is -0.0464. The summed E-state index contributed by atoms with van der Waals surface area (Å²) >= 11 is 0. The van der Waals surface area contributed by atoms with Crippen molar-refractivity contribution in [2.45, 2.75) is 37.8 Å². The minimum absolute atomic E-state index is 0.290. The summed E-state index contributed by atoms with van der Waals surface area (Å²) < 4.78 is 5.63. The molecule has 86 valence electrons. The van der Waals surface area contributed by atoms with Gasteiger partial charge >= 0.3 is 0 Å². The molecule has 0 aromatic heterocycles. The Bertz CT molecular complexity index is 234. The lowest BCUT2D eigenvalue weighted by Gasteiger charge is -2.39. The first-order valence-corrected chi connectivity index (χ1v) is 6.42. The minimum Gasteiger partial charge on any atom is -0.374 e. The van der Waals surface area contributed by atoms with Gasteiger partial charge in [0.05, 0.1) is 12.7 Å². The number of nitrogens with zero attached hydrogens (tertiary/aromatic N) is 1. The highest BCUT2D eigenvalue weighted by molar-refractivity contribution is 4.96. The van der Waals surface area contributed by atoms with Gasteiger partial charge in [0.25, 0.3) is 0 Å². The molecular weight excluding hydrogens is 188 g/mol. The molecule has 3 aliphatic rings. The van der Waals surface area contributed by atoms with Crippen LogP contribution in [0.2, 0.25) is 0 Å². The van der Waals surface area contributed by atoms with E-state index in [0.717, 1.165) is 37.6 Å². The van der Waals surface area contributed by atoms with E-state index >= 15 is 0 Å². The quantitative estimate of drug-likeness (QED) is 0.734. The maximum atomic E-state index is 5.69. The number of nitrogens with two attached hydrogens (primary N) is 1. The van der Waals surface area contributed by atoms with Crippen molar-refractivity contribution in [2.24, 2.45) is 17.6 Å². The summed E-state index contributed by atoms with van der Waals surface area (Å²) in [6.45, 7) is 3.77. The van der Waals surface area contributed by atoms with Gasteiger partial charge in [-0.05, 0) is 31.1 Å². The normalized spacial score (nSPS) is 46.2. The number of hydrogen-bond donors (Lipinski definition) is 1. The van der Waals surface area contributed by atoms with Crippen LogP contribution < -0.4 is 5.73 Å². The van der Waals surface area contributed by atoms with E-state index in [0.29, 0.717) is 6.54 Å². The number of fused-ring (bicyclic) bond motifs is 2. The number of morpholine rings is 1. The first kappa shape index (κ1) is 10.1. The first-order valence-electron chi connectivity index (χ1n) is 6.42. The lowest BCUT2D eigenvalue weighted by atomic mass is 9.93. The highest BCUT2D eigenvalue weighted by Gasteiger charge is 2.43. The fourth-order valence-corrected chi connectivity index (χ4v) is 3.84. The van der Waals surface area contributed by atoms with Crippen LogP contribution in [0.15, 0.2) is 0 Å². The third-order valence-corrected chi connectivity index (χ3v) is 4.60. The molecule has 4 atom stereocenters. The second-order valence-electron chi connectivity index (χ2n) is 5.47. The zero-order chi connectivity index (χ0) is 10.3. The molecule has 1 aliphatic heterocycles. The van der Waals surface area contributed by atoms with Gasteiger partial charge in [-0.2, -0.15) is 0 Å². The molecule has 2 saturated carbocycles. The van der Waals surface area contributed by atoms with E-state index in [1.165, 1.54) is 25.7 Å². The van der Waals surface area contributed by atoms with Crippen LogP contribution in [0, 0.1) is 11.8 Å². The minimum atomic E-state index is 0.290. The summed E-state index contributed by atoms with van der Waals surface area (Å²) in [5, 5.41) is 0. The third kappa shape index (κ3) is 1.81. The van der Waals surface area contributed by atoms with E-state index in [1.54, 1.807) is 0 Å². The van der Waals surface area contributed by atoms with E-state index < -0.39 is 0 Å². The van der Waals surface area contributed by atoms with Crippen molar-refractivity contribution in [2.75, 3.05) is 26.2 Å². The summed E-state index contributed by atoms with van der Waals surface area (Å²) in [4.78, 5) is 2.66. The maximum Gasteiger partial charge on any atom is 0.0824 e. The van der Waals surface area contributed by atoms with Crippen LogP contribution in [-0.4, -0.2) is 43.3 Å². The van der Waals surface area contributed by atoms with Crippen molar-refractivity contribution in [1.29, 1.82) is 0 Å². The molecule has 3 rings (SSSR count). The second kappa shape index (κ2) is 4.04. The highest BCUT2D eigenvalue weighted by atomic mass is 16.5. The summed E-state index contributed by atoms with van der Waals surface area (Å²) in [6.07, 6.45) is 6.20. The molecule has 0 radical (unpaired) electrons. The largest absolute Gasteiger partial charge is 0.374 e. The smallest absolute Gasteiger partial charge is 0.0824 e. The molecule has 3 nitrogen and oxygen atoms in total. The molecule has 0 amide bonds. The van der Waals surface area contributed by atoms with Crippen molar-refractivity contribution in [1.82, 2.24) is 4.90 Å². The molecule has 4 unspecified atom stereocenters. The van der Waals surface area contributed by atoms with Gasteiger partial charge in [-0.1, -0.05) is 6.42 Å². The molecule has 2 aliphatic carbocycles. The van der Waals surface area contributed by atoms with E-state index in [2.05, 4.69) is 4.90 Å². The van der Waals surface area contributed by atoms with Gasteiger partial charge in [0.1, 0.15) is 0 Å². The van der Waals surface area contributed by atoms with Gasteiger partial charge in [-0.3, -0.25) is 4.90 Å². The molecule has 3 heteroatoms. The predicted molar refractivity (Wildman–Crippen MR) is 59.6 cm³/mol. The topological polar surface area (TPSA) is 38.5 Å². The molecule has 0 aromatic rings. The fourth-order valence-electron chi connectivity index (χ4n) is 3.84. The van der Waals surface area contributed by atoms with Gasteiger partial charge in [0, 0.05) is 25.7 Å². The Kier molecular flexibility index (Phi) is 2.71. The SMILES string of the molecule is NCC1CN(C2CC3CCC2C3)CCO1. The van der Waals surface area contributed by atoms with Crippen molar-refractivity contribution >= 4 is 0 Å². The Morgan fingerprint density at radius 3 is 2.87 bits per heavy atom. The summed E-state index contributed by atoms with van der Waals surface area (Å²) in [6, 6.07) is 0.863. The van der Waals surface area contributed by atoms with Crippen LogP contribution in [0.5, 0.6) is 0 Å². The van der Waals surface area contributed by atoms with E-state index in [4.69, 9.17) is 10.5 Å². The molecule has 3 fully saturated rings. The standard InChI is InChI=1S/C12H22N2O/c13-7-11-8-14(3-4-15-11)12-6-9-1-2-10(12)5-9/h9-12H,1-8,13H2. The Morgan fingerprint density at radius 1 is 1.27 bits per heavy atom. The molecular formula is C12H22N2O. The second-order valence-corrected chi connectivity index (χ2v) is 5.47. The van der Waals surface area contributed by atoms with E-state index in [1.807, 2.05) is 0 Å². The van der Waals surface area contributed by atoms with Gasteiger partial charge in [0.2, 0.25) is 0 Å². The van der Waals surface area contributed by atoms with Crippen LogP contribution >= 0.6 is 0 Å².